The number of thioether (sulfide) groups is 1. The van der Waals surface area contributed by atoms with Crippen molar-refractivity contribution < 1.29 is 14.4 Å². The van der Waals surface area contributed by atoms with Gasteiger partial charge in [0.1, 0.15) is 5.69 Å². The average molecular weight is 333 g/mol. The van der Waals surface area contributed by atoms with Gasteiger partial charge in [-0.1, -0.05) is 6.07 Å². The highest BCUT2D eigenvalue weighted by Crippen LogP contribution is 2.30. The van der Waals surface area contributed by atoms with Gasteiger partial charge < -0.3 is 10.5 Å². The normalized spacial score (nSPS) is 10.3. The highest BCUT2D eigenvalue weighted by Gasteiger charge is 2.20. The van der Waals surface area contributed by atoms with Crippen molar-refractivity contribution in [1.82, 2.24) is 0 Å². The minimum absolute atomic E-state index is 0.0171. The summed E-state index contributed by atoms with van der Waals surface area (Å²) in [6, 6.07) is 7.90. The number of nitro groups is 1. The van der Waals surface area contributed by atoms with Crippen LogP contribution < -0.4 is 10.0 Å². The Hall–Kier alpha value is -2.61. The van der Waals surface area contributed by atoms with Gasteiger partial charge in [-0.25, -0.2) is 0 Å². The van der Waals surface area contributed by atoms with Gasteiger partial charge in [-0.05, 0) is 42.8 Å². The highest BCUT2D eigenvalue weighted by atomic mass is 32.2. The van der Waals surface area contributed by atoms with Gasteiger partial charge in [0.05, 0.1) is 10.7 Å². The van der Waals surface area contributed by atoms with Gasteiger partial charge in [0, 0.05) is 18.2 Å². The van der Waals surface area contributed by atoms with Crippen molar-refractivity contribution in [3.05, 3.63) is 63.0 Å². The summed E-state index contributed by atoms with van der Waals surface area (Å²) in [5, 5.41) is 25.6. The standard InChI is InChI=1S/C15H15N3O4S/c1-10-6-7-12(18(21)22)15(11(10)2)16-13(19)9-23-14-5-3-4-8-17(14)20/h3-8H,9H2,1-2H3,(H,16,19). The third-order valence-electron chi connectivity index (χ3n) is 3.31. The first-order valence-electron chi connectivity index (χ1n) is 6.75. The third-order valence-corrected chi connectivity index (χ3v) is 4.33. The maximum atomic E-state index is 12.1. The maximum Gasteiger partial charge on any atom is 0.293 e. The summed E-state index contributed by atoms with van der Waals surface area (Å²) in [7, 11) is 0. The van der Waals surface area contributed by atoms with Crippen LogP contribution in [0, 0.1) is 29.2 Å². The van der Waals surface area contributed by atoms with E-state index >= 15 is 0 Å². The van der Waals surface area contributed by atoms with Crippen LogP contribution in [-0.4, -0.2) is 16.6 Å². The topological polar surface area (TPSA) is 99.2 Å². The van der Waals surface area contributed by atoms with Crippen LogP contribution in [0.5, 0.6) is 0 Å². The number of pyridine rings is 1. The molecule has 7 nitrogen and oxygen atoms in total. The number of carbonyl (C=O) groups excluding carboxylic acids is 1. The van der Waals surface area contributed by atoms with Gasteiger partial charge in [0.2, 0.25) is 5.91 Å². The molecule has 1 heterocycles. The Kier molecular flexibility index (Phi) is 5.17. The fraction of sp³-hybridized carbons (Fsp3) is 0.200. The number of rotatable bonds is 5. The minimum Gasteiger partial charge on any atom is -0.618 e. The van der Waals surface area contributed by atoms with Crippen LogP contribution in [0.1, 0.15) is 11.1 Å². The number of nitro benzene ring substituents is 1. The molecule has 0 unspecified atom stereocenters. The van der Waals surface area contributed by atoms with Crippen molar-refractivity contribution in [2.45, 2.75) is 18.9 Å². The number of aromatic nitrogens is 1. The molecule has 1 amide bonds. The van der Waals surface area contributed by atoms with Crippen LogP contribution in [-0.2, 0) is 4.79 Å². The van der Waals surface area contributed by atoms with Crippen molar-refractivity contribution in [2.24, 2.45) is 0 Å². The first-order valence-corrected chi connectivity index (χ1v) is 7.74. The fourth-order valence-electron chi connectivity index (χ4n) is 1.95. The molecule has 0 radical (unpaired) electrons. The molecular weight excluding hydrogens is 318 g/mol. The Labute approximate surface area is 137 Å². The number of amides is 1. The molecule has 0 aliphatic heterocycles. The van der Waals surface area contributed by atoms with Crippen LogP contribution in [0.3, 0.4) is 0 Å². The maximum absolute atomic E-state index is 12.1. The summed E-state index contributed by atoms with van der Waals surface area (Å²) >= 11 is 1.07. The molecule has 0 saturated heterocycles. The molecule has 2 aromatic rings. The molecule has 0 saturated carbocycles. The molecular formula is C15H15N3O4S. The van der Waals surface area contributed by atoms with E-state index in [-0.39, 0.29) is 17.1 Å². The quantitative estimate of drug-likeness (QED) is 0.298. The number of nitrogens with zero attached hydrogens (tertiary/aromatic N) is 2. The number of anilines is 1. The number of nitrogens with one attached hydrogen (secondary N) is 1. The summed E-state index contributed by atoms with van der Waals surface area (Å²) in [6.07, 6.45) is 1.34. The van der Waals surface area contributed by atoms with Gasteiger partial charge >= 0.3 is 0 Å². The molecule has 1 aromatic carbocycles. The van der Waals surface area contributed by atoms with Gasteiger partial charge in [-0.15, -0.1) is 0 Å². The van der Waals surface area contributed by atoms with E-state index in [0.717, 1.165) is 17.3 Å². The Balaban J connectivity index is 2.13. The van der Waals surface area contributed by atoms with Crippen molar-refractivity contribution in [3.63, 3.8) is 0 Å². The van der Waals surface area contributed by atoms with E-state index in [9.17, 15) is 20.1 Å². The number of hydrogen-bond donors (Lipinski definition) is 1. The summed E-state index contributed by atoms with van der Waals surface area (Å²) in [6.45, 7) is 3.53. The van der Waals surface area contributed by atoms with E-state index in [1.807, 2.05) is 6.92 Å². The van der Waals surface area contributed by atoms with Crippen LogP contribution in [0.2, 0.25) is 0 Å². The van der Waals surface area contributed by atoms with Gasteiger partial charge in [0.15, 0.2) is 6.20 Å². The second-order valence-corrected chi connectivity index (χ2v) is 5.86. The average Bonchev–Trinajstić information content (AvgIpc) is 2.51. The lowest BCUT2D eigenvalue weighted by molar-refractivity contribution is -0.645. The Morgan fingerprint density at radius 3 is 2.70 bits per heavy atom. The molecule has 0 bridgehead atoms. The first-order chi connectivity index (χ1) is 10.9. The largest absolute Gasteiger partial charge is 0.618 e. The molecule has 0 aliphatic carbocycles. The van der Waals surface area contributed by atoms with Crippen LogP contribution in [0.4, 0.5) is 11.4 Å². The number of benzene rings is 1. The fourth-order valence-corrected chi connectivity index (χ4v) is 2.66. The van der Waals surface area contributed by atoms with E-state index < -0.39 is 10.8 Å². The van der Waals surface area contributed by atoms with E-state index in [0.29, 0.717) is 15.3 Å². The predicted octanol–water partition coefficient (Wildman–Crippen LogP) is 2.58. The molecule has 0 atom stereocenters. The van der Waals surface area contributed by atoms with Crippen LogP contribution in [0.25, 0.3) is 0 Å². The lowest BCUT2D eigenvalue weighted by Crippen LogP contribution is -2.28. The SMILES string of the molecule is Cc1ccc([N+](=O)[O-])c(NC(=O)CSc2cccc[n+]2[O-])c1C. The molecule has 1 aromatic heterocycles. The van der Waals surface area contributed by atoms with Crippen molar-refractivity contribution in [2.75, 3.05) is 11.1 Å². The third kappa shape index (κ3) is 3.98. The first kappa shape index (κ1) is 16.8. The predicted molar refractivity (Wildman–Crippen MR) is 87.3 cm³/mol. The summed E-state index contributed by atoms with van der Waals surface area (Å²) in [4.78, 5) is 22.6. The second kappa shape index (κ2) is 7.10. The molecule has 23 heavy (non-hydrogen) atoms. The van der Waals surface area contributed by atoms with Crippen LogP contribution >= 0.6 is 11.8 Å². The van der Waals surface area contributed by atoms with E-state index in [4.69, 9.17) is 0 Å². The molecule has 0 fully saturated rings. The zero-order valence-electron chi connectivity index (χ0n) is 12.6. The van der Waals surface area contributed by atoms with Crippen molar-refractivity contribution in [1.29, 1.82) is 0 Å². The van der Waals surface area contributed by atoms with E-state index in [1.165, 1.54) is 12.3 Å². The summed E-state index contributed by atoms with van der Waals surface area (Å²) < 4.78 is 0.665. The number of hydrogen-bond acceptors (Lipinski definition) is 5. The monoisotopic (exact) mass is 333 g/mol. The highest BCUT2D eigenvalue weighted by molar-refractivity contribution is 7.99. The Morgan fingerprint density at radius 2 is 2.04 bits per heavy atom. The zero-order valence-corrected chi connectivity index (χ0v) is 13.4. The van der Waals surface area contributed by atoms with E-state index in [2.05, 4.69) is 5.32 Å². The van der Waals surface area contributed by atoms with E-state index in [1.54, 1.807) is 31.2 Å². The lowest BCUT2D eigenvalue weighted by atomic mass is 10.1. The zero-order chi connectivity index (χ0) is 17.0. The molecule has 1 N–H and O–H groups in total. The second-order valence-electron chi connectivity index (χ2n) is 4.86. The lowest BCUT2D eigenvalue weighted by Gasteiger charge is -2.11. The summed E-state index contributed by atoms with van der Waals surface area (Å²) in [5.74, 6) is -0.424. The summed E-state index contributed by atoms with van der Waals surface area (Å²) in [5.41, 5.74) is 1.55. The Bertz CT molecular complexity index is 764. The Morgan fingerprint density at radius 1 is 1.30 bits per heavy atom. The molecule has 8 heteroatoms. The molecule has 2 rings (SSSR count). The minimum atomic E-state index is -0.530. The molecule has 0 aliphatic rings. The van der Waals surface area contributed by atoms with Crippen molar-refractivity contribution >= 4 is 29.0 Å². The van der Waals surface area contributed by atoms with Gasteiger partial charge in [0.25, 0.3) is 10.7 Å². The van der Waals surface area contributed by atoms with Gasteiger partial charge in [-0.2, -0.15) is 4.73 Å². The number of carbonyl (C=O) groups is 1. The smallest absolute Gasteiger partial charge is 0.293 e. The molecule has 0 spiro atoms. The molecule has 120 valence electrons. The van der Waals surface area contributed by atoms with Crippen LogP contribution in [0.15, 0.2) is 41.6 Å². The number of aryl methyl sites for hydroxylation is 1. The van der Waals surface area contributed by atoms with Crippen molar-refractivity contribution in [3.8, 4) is 0 Å². The van der Waals surface area contributed by atoms with Gasteiger partial charge in [-0.3, -0.25) is 14.9 Å².